The lowest BCUT2D eigenvalue weighted by molar-refractivity contribution is -0.143. The zero-order chi connectivity index (χ0) is 10.1. The first-order valence-electron chi connectivity index (χ1n) is 4.64. The zero-order valence-electron chi connectivity index (χ0n) is 8.10. The highest BCUT2D eigenvalue weighted by Crippen LogP contribution is 2.12. The highest BCUT2D eigenvalue weighted by molar-refractivity contribution is 5.87. The maximum atomic E-state index is 11.2. The van der Waals surface area contributed by atoms with E-state index in [0.717, 1.165) is 11.4 Å². The van der Waals surface area contributed by atoms with Gasteiger partial charge in [-0.2, -0.15) is 0 Å². The molecule has 0 spiro atoms. The normalized spacial score (nSPS) is 20.9. The summed E-state index contributed by atoms with van der Waals surface area (Å²) < 4.78 is 0. The van der Waals surface area contributed by atoms with Crippen LogP contribution in [0.5, 0.6) is 0 Å². The number of amides is 1. The van der Waals surface area contributed by atoms with Crippen molar-refractivity contribution in [1.82, 2.24) is 9.88 Å². The van der Waals surface area contributed by atoms with Gasteiger partial charge in [0, 0.05) is 12.2 Å². The quantitative estimate of drug-likeness (QED) is 0.672. The van der Waals surface area contributed by atoms with Crippen LogP contribution in [0.3, 0.4) is 0 Å². The van der Waals surface area contributed by atoms with Gasteiger partial charge < -0.3 is 10.6 Å². The fourth-order valence-corrected chi connectivity index (χ4v) is 1.55. The Morgan fingerprint density at radius 3 is 3.00 bits per heavy atom. The van der Waals surface area contributed by atoms with E-state index in [-0.39, 0.29) is 11.9 Å². The summed E-state index contributed by atoms with van der Waals surface area (Å²) in [4.78, 5) is 17.3. The van der Waals surface area contributed by atoms with Crippen LogP contribution in [0.1, 0.15) is 11.4 Å². The number of nitrogens with two attached hydrogens (primary N) is 1. The average Bonchev–Trinajstić information content (AvgIpc) is 2.17. The SMILES string of the molecule is Cc1cccc(CN2CC(N)C2=O)n1. The highest BCUT2D eigenvalue weighted by Gasteiger charge is 2.33. The van der Waals surface area contributed by atoms with Gasteiger partial charge in [0.25, 0.3) is 0 Å². The van der Waals surface area contributed by atoms with Crippen LogP contribution >= 0.6 is 0 Å². The first kappa shape index (κ1) is 9.15. The highest BCUT2D eigenvalue weighted by atomic mass is 16.2. The Hall–Kier alpha value is -1.42. The van der Waals surface area contributed by atoms with Crippen molar-refractivity contribution in [1.29, 1.82) is 0 Å². The number of β-lactam (4-membered cyclic amide) rings is 1. The van der Waals surface area contributed by atoms with Gasteiger partial charge in [-0.25, -0.2) is 0 Å². The maximum absolute atomic E-state index is 11.2. The lowest BCUT2D eigenvalue weighted by atomic mass is 10.1. The van der Waals surface area contributed by atoms with Crippen molar-refractivity contribution in [2.45, 2.75) is 19.5 Å². The van der Waals surface area contributed by atoms with E-state index in [2.05, 4.69) is 4.98 Å². The number of aromatic nitrogens is 1. The van der Waals surface area contributed by atoms with E-state index in [1.165, 1.54) is 0 Å². The molecule has 4 heteroatoms. The number of aryl methyl sites for hydroxylation is 1. The molecule has 0 radical (unpaired) electrons. The first-order chi connectivity index (χ1) is 6.66. The van der Waals surface area contributed by atoms with E-state index in [1.54, 1.807) is 4.90 Å². The van der Waals surface area contributed by atoms with Crippen molar-refractivity contribution >= 4 is 5.91 Å². The first-order valence-corrected chi connectivity index (χ1v) is 4.64. The molecule has 1 atom stereocenters. The minimum atomic E-state index is -0.292. The Labute approximate surface area is 82.7 Å². The molecule has 0 aromatic carbocycles. The predicted molar refractivity (Wildman–Crippen MR) is 52.4 cm³/mol. The lowest BCUT2D eigenvalue weighted by Gasteiger charge is -2.35. The standard InChI is InChI=1S/C10H13N3O/c1-7-3-2-4-8(12-7)5-13-6-9(11)10(13)14/h2-4,9H,5-6,11H2,1H3. The summed E-state index contributed by atoms with van der Waals surface area (Å²) in [5, 5.41) is 0. The van der Waals surface area contributed by atoms with Crippen LogP contribution in [-0.2, 0) is 11.3 Å². The second kappa shape index (κ2) is 3.38. The number of likely N-dealkylation sites (tertiary alicyclic amines) is 1. The summed E-state index contributed by atoms with van der Waals surface area (Å²) in [6.45, 7) is 3.16. The monoisotopic (exact) mass is 191 g/mol. The number of carbonyl (C=O) groups is 1. The van der Waals surface area contributed by atoms with Gasteiger partial charge in [0.1, 0.15) is 6.04 Å². The minimum Gasteiger partial charge on any atom is -0.333 e. The molecule has 1 fully saturated rings. The van der Waals surface area contributed by atoms with Crippen LogP contribution < -0.4 is 5.73 Å². The van der Waals surface area contributed by atoms with Crippen molar-refractivity contribution in [3.05, 3.63) is 29.6 Å². The van der Waals surface area contributed by atoms with E-state index in [1.807, 2.05) is 25.1 Å². The molecule has 1 aromatic rings. The van der Waals surface area contributed by atoms with E-state index in [0.29, 0.717) is 13.1 Å². The van der Waals surface area contributed by atoms with Crippen LogP contribution in [0.2, 0.25) is 0 Å². The molecule has 0 aliphatic carbocycles. The van der Waals surface area contributed by atoms with Gasteiger partial charge in [-0.1, -0.05) is 6.07 Å². The van der Waals surface area contributed by atoms with Gasteiger partial charge in [0.2, 0.25) is 5.91 Å². The number of carbonyl (C=O) groups excluding carboxylic acids is 1. The van der Waals surface area contributed by atoms with Crippen molar-refractivity contribution < 1.29 is 4.79 Å². The topological polar surface area (TPSA) is 59.2 Å². The zero-order valence-corrected chi connectivity index (χ0v) is 8.10. The Balaban J connectivity index is 2.02. The summed E-state index contributed by atoms with van der Waals surface area (Å²) in [5.74, 6) is 0.0216. The summed E-state index contributed by atoms with van der Waals surface area (Å²) >= 11 is 0. The summed E-state index contributed by atoms with van der Waals surface area (Å²) in [5.41, 5.74) is 7.38. The number of pyridine rings is 1. The van der Waals surface area contributed by atoms with Crippen LogP contribution in [0, 0.1) is 6.92 Å². The smallest absolute Gasteiger partial charge is 0.241 e. The van der Waals surface area contributed by atoms with Crippen LogP contribution in [-0.4, -0.2) is 28.4 Å². The predicted octanol–water partition coefficient (Wildman–Crippen LogP) is 0.0595. The Bertz CT molecular complexity index is 364. The minimum absolute atomic E-state index is 0.0216. The van der Waals surface area contributed by atoms with E-state index >= 15 is 0 Å². The van der Waals surface area contributed by atoms with Gasteiger partial charge in [0.05, 0.1) is 12.2 Å². The molecular weight excluding hydrogens is 178 g/mol. The van der Waals surface area contributed by atoms with Gasteiger partial charge in [-0.3, -0.25) is 9.78 Å². The Morgan fingerprint density at radius 2 is 2.43 bits per heavy atom. The van der Waals surface area contributed by atoms with Crippen LogP contribution in [0.4, 0.5) is 0 Å². The summed E-state index contributed by atoms with van der Waals surface area (Å²) in [6.07, 6.45) is 0. The number of rotatable bonds is 2. The molecule has 1 aromatic heterocycles. The second-order valence-corrected chi connectivity index (χ2v) is 3.60. The number of hydrogen-bond acceptors (Lipinski definition) is 3. The van der Waals surface area contributed by atoms with E-state index in [9.17, 15) is 4.79 Å². The van der Waals surface area contributed by atoms with Gasteiger partial charge in [0.15, 0.2) is 0 Å². The largest absolute Gasteiger partial charge is 0.333 e. The Kier molecular flexibility index (Phi) is 2.21. The summed E-state index contributed by atoms with van der Waals surface area (Å²) in [7, 11) is 0. The van der Waals surface area contributed by atoms with Gasteiger partial charge >= 0.3 is 0 Å². The van der Waals surface area contributed by atoms with Crippen molar-refractivity contribution in [2.24, 2.45) is 5.73 Å². The molecule has 14 heavy (non-hydrogen) atoms. The van der Waals surface area contributed by atoms with Crippen LogP contribution in [0.25, 0.3) is 0 Å². The van der Waals surface area contributed by atoms with Gasteiger partial charge in [-0.05, 0) is 19.1 Å². The van der Waals surface area contributed by atoms with Gasteiger partial charge in [-0.15, -0.1) is 0 Å². The van der Waals surface area contributed by atoms with Crippen molar-refractivity contribution in [3.8, 4) is 0 Å². The molecular formula is C10H13N3O. The molecule has 0 bridgehead atoms. The van der Waals surface area contributed by atoms with E-state index in [4.69, 9.17) is 5.73 Å². The fourth-order valence-electron chi connectivity index (χ4n) is 1.55. The molecule has 4 nitrogen and oxygen atoms in total. The van der Waals surface area contributed by atoms with E-state index < -0.39 is 0 Å². The molecule has 1 unspecified atom stereocenters. The number of hydrogen-bond donors (Lipinski definition) is 1. The third-order valence-corrected chi connectivity index (χ3v) is 2.34. The maximum Gasteiger partial charge on any atom is 0.241 e. The molecule has 0 saturated carbocycles. The second-order valence-electron chi connectivity index (χ2n) is 3.60. The third kappa shape index (κ3) is 1.61. The third-order valence-electron chi connectivity index (χ3n) is 2.34. The molecule has 1 aliphatic rings. The Morgan fingerprint density at radius 1 is 1.64 bits per heavy atom. The molecule has 2 heterocycles. The number of nitrogens with zero attached hydrogens (tertiary/aromatic N) is 2. The fraction of sp³-hybridized carbons (Fsp3) is 0.400. The molecule has 2 rings (SSSR count). The van der Waals surface area contributed by atoms with Crippen LogP contribution in [0.15, 0.2) is 18.2 Å². The molecule has 1 aliphatic heterocycles. The molecule has 2 N–H and O–H groups in total. The lowest BCUT2D eigenvalue weighted by Crippen LogP contribution is -2.60. The molecule has 1 amide bonds. The average molecular weight is 191 g/mol. The molecule has 1 saturated heterocycles. The van der Waals surface area contributed by atoms with Crippen molar-refractivity contribution in [3.63, 3.8) is 0 Å². The molecule has 74 valence electrons. The van der Waals surface area contributed by atoms with Crippen molar-refractivity contribution in [2.75, 3.05) is 6.54 Å². The summed E-state index contributed by atoms with van der Waals surface area (Å²) in [6, 6.07) is 5.51.